The largest absolute Gasteiger partial charge is 0.323 e. The number of hydrogen-bond acceptors (Lipinski definition) is 5. The number of carbonyl (C=O) groups is 1. The molecule has 0 unspecified atom stereocenters. The van der Waals surface area contributed by atoms with E-state index >= 15 is 0 Å². The molecule has 2 aromatic carbocycles. The van der Waals surface area contributed by atoms with Gasteiger partial charge in [-0.1, -0.05) is 23.9 Å². The SMILES string of the molecule is O=C(Nc1ccc2[nH]c(=O)[nH]c2c1)c1ccc(CSc2ncn[nH]2)cc1. The molecule has 0 aliphatic carbocycles. The van der Waals surface area contributed by atoms with Crippen LogP contribution >= 0.6 is 11.8 Å². The van der Waals surface area contributed by atoms with Gasteiger partial charge in [0.25, 0.3) is 5.91 Å². The van der Waals surface area contributed by atoms with Crippen molar-refractivity contribution in [2.75, 3.05) is 5.32 Å². The lowest BCUT2D eigenvalue weighted by molar-refractivity contribution is 0.102. The molecule has 26 heavy (non-hydrogen) atoms. The van der Waals surface area contributed by atoms with Gasteiger partial charge in [0.15, 0.2) is 5.16 Å². The van der Waals surface area contributed by atoms with Gasteiger partial charge in [-0.2, -0.15) is 5.10 Å². The first kappa shape index (κ1) is 16.2. The number of rotatable bonds is 5. The van der Waals surface area contributed by atoms with Crippen LogP contribution in [-0.4, -0.2) is 31.1 Å². The van der Waals surface area contributed by atoms with Crippen molar-refractivity contribution in [1.82, 2.24) is 25.1 Å². The lowest BCUT2D eigenvalue weighted by atomic mass is 10.1. The summed E-state index contributed by atoms with van der Waals surface area (Å²) in [4.78, 5) is 33.1. The molecule has 0 radical (unpaired) electrons. The second-order valence-corrected chi connectivity index (χ2v) is 6.53. The minimum absolute atomic E-state index is 0.211. The minimum atomic E-state index is -0.276. The predicted molar refractivity (Wildman–Crippen MR) is 99.3 cm³/mol. The Kier molecular flexibility index (Phi) is 4.28. The molecule has 130 valence electrons. The van der Waals surface area contributed by atoms with Gasteiger partial charge >= 0.3 is 5.69 Å². The highest BCUT2D eigenvalue weighted by atomic mass is 32.2. The van der Waals surface area contributed by atoms with E-state index in [0.29, 0.717) is 22.3 Å². The molecule has 8 nitrogen and oxygen atoms in total. The smallest absolute Gasteiger partial charge is 0.322 e. The molecular weight excluding hydrogens is 352 g/mol. The van der Waals surface area contributed by atoms with Gasteiger partial charge in [0.05, 0.1) is 11.0 Å². The van der Waals surface area contributed by atoms with Gasteiger partial charge in [0, 0.05) is 17.0 Å². The third-order valence-corrected chi connectivity index (χ3v) is 4.71. The number of H-pyrrole nitrogens is 3. The standard InChI is InChI=1S/C17H14N6O2S/c24-15(20-12-5-6-13-14(7-12)22-16(25)21-13)11-3-1-10(2-4-11)8-26-17-18-9-19-23-17/h1-7,9H,8H2,(H,20,24)(H,18,19,23)(H2,21,22,25). The van der Waals surface area contributed by atoms with E-state index in [0.717, 1.165) is 16.5 Å². The Morgan fingerprint density at radius 3 is 2.65 bits per heavy atom. The van der Waals surface area contributed by atoms with E-state index in [-0.39, 0.29) is 11.6 Å². The maximum absolute atomic E-state index is 12.4. The summed E-state index contributed by atoms with van der Waals surface area (Å²) in [6.45, 7) is 0. The molecule has 0 aliphatic rings. The fourth-order valence-electron chi connectivity index (χ4n) is 2.48. The summed E-state index contributed by atoms with van der Waals surface area (Å²) >= 11 is 1.54. The van der Waals surface area contributed by atoms with Crippen molar-refractivity contribution in [3.8, 4) is 0 Å². The molecule has 4 N–H and O–H groups in total. The number of carbonyl (C=O) groups excluding carboxylic acids is 1. The van der Waals surface area contributed by atoms with Gasteiger partial charge < -0.3 is 15.3 Å². The molecule has 0 fully saturated rings. The number of benzene rings is 2. The van der Waals surface area contributed by atoms with Crippen LogP contribution < -0.4 is 11.0 Å². The fraction of sp³-hybridized carbons (Fsp3) is 0.0588. The zero-order valence-corrected chi connectivity index (χ0v) is 14.3. The monoisotopic (exact) mass is 366 g/mol. The van der Waals surface area contributed by atoms with Crippen LogP contribution in [0.2, 0.25) is 0 Å². The molecule has 1 amide bonds. The zero-order valence-electron chi connectivity index (χ0n) is 13.4. The molecule has 4 aromatic rings. The summed E-state index contributed by atoms with van der Waals surface area (Å²) in [6, 6.07) is 12.6. The van der Waals surface area contributed by atoms with Gasteiger partial charge in [-0.3, -0.25) is 9.89 Å². The third-order valence-electron chi connectivity index (χ3n) is 3.76. The van der Waals surface area contributed by atoms with Crippen LogP contribution in [0.3, 0.4) is 0 Å². The number of nitrogens with zero attached hydrogens (tertiary/aromatic N) is 2. The summed E-state index contributed by atoms with van der Waals surface area (Å²) in [6.07, 6.45) is 1.47. The highest BCUT2D eigenvalue weighted by Crippen LogP contribution is 2.19. The van der Waals surface area contributed by atoms with E-state index in [1.54, 1.807) is 30.3 Å². The van der Waals surface area contributed by atoms with Gasteiger partial charge in [-0.15, -0.1) is 0 Å². The van der Waals surface area contributed by atoms with E-state index in [2.05, 4.69) is 30.5 Å². The first-order valence-corrected chi connectivity index (χ1v) is 8.76. The lowest BCUT2D eigenvalue weighted by Crippen LogP contribution is -2.11. The van der Waals surface area contributed by atoms with Gasteiger partial charge in [0.1, 0.15) is 6.33 Å². The van der Waals surface area contributed by atoms with Gasteiger partial charge in [-0.05, 0) is 35.9 Å². The second kappa shape index (κ2) is 6.89. The number of anilines is 1. The Morgan fingerprint density at radius 1 is 1.08 bits per heavy atom. The Hall–Kier alpha value is -3.33. The number of aromatic nitrogens is 5. The number of fused-ring (bicyclic) bond motifs is 1. The van der Waals surface area contributed by atoms with Crippen LogP contribution in [-0.2, 0) is 5.75 Å². The average Bonchev–Trinajstić information content (AvgIpc) is 3.28. The van der Waals surface area contributed by atoms with E-state index in [1.807, 2.05) is 12.1 Å². The Balaban J connectivity index is 1.42. The Morgan fingerprint density at radius 2 is 1.88 bits per heavy atom. The van der Waals surface area contributed by atoms with Crippen LogP contribution in [0, 0.1) is 0 Å². The number of aromatic amines is 3. The third kappa shape index (κ3) is 3.52. The van der Waals surface area contributed by atoms with Crippen molar-refractivity contribution in [3.05, 3.63) is 70.4 Å². The molecule has 0 spiro atoms. The van der Waals surface area contributed by atoms with Crippen molar-refractivity contribution in [2.24, 2.45) is 0 Å². The number of imidazole rings is 1. The minimum Gasteiger partial charge on any atom is -0.322 e. The van der Waals surface area contributed by atoms with Crippen LogP contribution in [0.15, 0.2) is 58.7 Å². The number of nitrogens with one attached hydrogen (secondary N) is 4. The Bertz CT molecular complexity index is 1100. The van der Waals surface area contributed by atoms with E-state index in [1.165, 1.54) is 18.1 Å². The zero-order chi connectivity index (χ0) is 17.9. The highest BCUT2D eigenvalue weighted by molar-refractivity contribution is 7.98. The van der Waals surface area contributed by atoms with E-state index in [4.69, 9.17) is 0 Å². The molecule has 2 heterocycles. The molecule has 0 saturated heterocycles. The highest BCUT2D eigenvalue weighted by Gasteiger charge is 2.08. The number of thioether (sulfide) groups is 1. The predicted octanol–water partition coefficient (Wildman–Crippen LogP) is 2.52. The van der Waals surface area contributed by atoms with Crippen LogP contribution in [0.1, 0.15) is 15.9 Å². The second-order valence-electron chi connectivity index (χ2n) is 5.57. The Labute approximate surface area is 151 Å². The quantitative estimate of drug-likeness (QED) is 0.405. The van der Waals surface area contributed by atoms with Crippen molar-refractivity contribution < 1.29 is 4.79 Å². The van der Waals surface area contributed by atoms with Crippen LogP contribution in [0.5, 0.6) is 0 Å². The first-order valence-electron chi connectivity index (χ1n) is 7.78. The van der Waals surface area contributed by atoms with Gasteiger partial charge in [0.2, 0.25) is 0 Å². The molecule has 0 bridgehead atoms. The maximum Gasteiger partial charge on any atom is 0.323 e. The molecular formula is C17H14N6O2S. The van der Waals surface area contributed by atoms with Crippen molar-refractivity contribution in [2.45, 2.75) is 10.9 Å². The molecule has 0 saturated carbocycles. The topological polar surface area (TPSA) is 119 Å². The fourth-order valence-corrected chi connectivity index (χ4v) is 3.22. The molecule has 4 rings (SSSR count). The van der Waals surface area contributed by atoms with Gasteiger partial charge in [-0.25, -0.2) is 9.78 Å². The number of hydrogen-bond donors (Lipinski definition) is 4. The van der Waals surface area contributed by atoms with Crippen molar-refractivity contribution in [3.63, 3.8) is 0 Å². The maximum atomic E-state index is 12.4. The normalized spacial score (nSPS) is 10.9. The average molecular weight is 366 g/mol. The van der Waals surface area contributed by atoms with Crippen molar-refractivity contribution >= 4 is 34.4 Å². The molecule has 0 aliphatic heterocycles. The summed E-state index contributed by atoms with van der Waals surface area (Å²) in [5.74, 6) is 0.519. The summed E-state index contributed by atoms with van der Waals surface area (Å²) < 4.78 is 0. The lowest BCUT2D eigenvalue weighted by Gasteiger charge is -2.06. The van der Waals surface area contributed by atoms with Crippen LogP contribution in [0.25, 0.3) is 11.0 Å². The summed E-state index contributed by atoms with van der Waals surface area (Å²) in [7, 11) is 0. The molecule has 2 aromatic heterocycles. The summed E-state index contributed by atoms with van der Waals surface area (Å²) in [5.41, 5.74) is 3.31. The van der Waals surface area contributed by atoms with Crippen molar-refractivity contribution in [1.29, 1.82) is 0 Å². The number of amides is 1. The van der Waals surface area contributed by atoms with E-state index in [9.17, 15) is 9.59 Å². The first-order chi connectivity index (χ1) is 12.7. The van der Waals surface area contributed by atoms with Crippen LogP contribution in [0.4, 0.5) is 5.69 Å². The van der Waals surface area contributed by atoms with E-state index < -0.39 is 0 Å². The molecule has 9 heteroatoms. The summed E-state index contributed by atoms with van der Waals surface area (Å²) in [5, 5.41) is 10.2. The molecule has 0 atom stereocenters.